The third kappa shape index (κ3) is 3.89. The Morgan fingerprint density at radius 1 is 1.16 bits per heavy atom. The van der Waals surface area contributed by atoms with Gasteiger partial charge in [-0.15, -0.1) is 0 Å². The normalized spacial score (nSPS) is 25.0. The van der Waals surface area contributed by atoms with Crippen LogP contribution in [0.2, 0.25) is 0 Å². The summed E-state index contributed by atoms with van der Waals surface area (Å²) in [4.78, 5) is 14.3. The fourth-order valence-electron chi connectivity index (χ4n) is 3.49. The molecule has 0 unspecified atom stereocenters. The molecule has 25 heavy (non-hydrogen) atoms. The van der Waals surface area contributed by atoms with Crippen LogP contribution in [0.3, 0.4) is 0 Å². The Balaban J connectivity index is 1.19. The van der Waals surface area contributed by atoms with Gasteiger partial charge in [0.25, 0.3) is 0 Å². The van der Waals surface area contributed by atoms with E-state index in [1.807, 2.05) is 24.3 Å². The molecular weight excluding hydrogens is 324 g/mol. The first kappa shape index (κ1) is 16.6. The number of hydrogen-bond donors (Lipinski definition) is 1. The highest BCUT2D eigenvalue weighted by Crippen LogP contribution is 2.31. The molecular formula is C18H24N2O5. The maximum absolute atomic E-state index is 12.2. The van der Waals surface area contributed by atoms with Gasteiger partial charge in [0.05, 0.1) is 26.3 Å². The third-order valence-electron chi connectivity index (χ3n) is 4.89. The van der Waals surface area contributed by atoms with E-state index in [-0.39, 0.29) is 12.0 Å². The third-order valence-corrected chi connectivity index (χ3v) is 4.89. The topological polar surface area (TPSA) is 69.3 Å². The molecule has 3 aliphatic rings. The van der Waals surface area contributed by atoms with E-state index >= 15 is 0 Å². The summed E-state index contributed by atoms with van der Waals surface area (Å²) >= 11 is 0. The lowest BCUT2D eigenvalue weighted by Crippen LogP contribution is -2.49. The lowest BCUT2D eigenvalue weighted by atomic mass is 10.0. The molecule has 7 nitrogen and oxygen atoms in total. The van der Waals surface area contributed by atoms with Crippen molar-refractivity contribution < 1.29 is 23.7 Å². The second kappa shape index (κ2) is 7.19. The van der Waals surface area contributed by atoms with Crippen LogP contribution in [-0.2, 0) is 14.3 Å². The minimum Gasteiger partial charge on any atom is -0.486 e. The molecule has 2 fully saturated rings. The molecule has 1 aromatic rings. The molecule has 1 amide bonds. The number of amides is 1. The Bertz CT molecular complexity index is 607. The van der Waals surface area contributed by atoms with Gasteiger partial charge in [-0.2, -0.15) is 0 Å². The minimum absolute atomic E-state index is 0.00617. The summed E-state index contributed by atoms with van der Waals surface area (Å²) in [6.07, 6.45) is 1.47. The van der Waals surface area contributed by atoms with Crippen molar-refractivity contribution in [2.45, 2.75) is 24.7 Å². The average Bonchev–Trinajstić information content (AvgIpc) is 3.10. The van der Waals surface area contributed by atoms with Crippen LogP contribution >= 0.6 is 0 Å². The Morgan fingerprint density at radius 2 is 1.88 bits per heavy atom. The Hall–Kier alpha value is -1.83. The van der Waals surface area contributed by atoms with Gasteiger partial charge < -0.3 is 24.3 Å². The second-order valence-electron chi connectivity index (χ2n) is 6.69. The monoisotopic (exact) mass is 348 g/mol. The predicted octanol–water partition coefficient (Wildman–Crippen LogP) is 0.782. The quantitative estimate of drug-likeness (QED) is 0.867. The van der Waals surface area contributed by atoms with E-state index < -0.39 is 5.79 Å². The van der Waals surface area contributed by atoms with Gasteiger partial charge in [0.2, 0.25) is 5.91 Å². The number of rotatable bonds is 4. The number of carbonyl (C=O) groups excluding carboxylic acids is 1. The van der Waals surface area contributed by atoms with Crippen molar-refractivity contribution in [3.05, 3.63) is 24.3 Å². The zero-order chi connectivity index (χ0) is 17.1. The molecule has 0 saturated carbocycles. The molecule has 1 N–H and O–H groups in total. The summed E-state index contributed by atoms with van der Waals surface area (Å²) in [5, 5.41) is 2.94. The molecule has 3 aliphatic heterocycles. The van der Waals surface area contributed by atoms with E-state index in [0.29, 0.717) is 32.9 Å². The van der Waals surface area contributed by atoms with Gasteiger partial charge in [-0.25, -0.2) is 0 Å². The highest BCUT2D eigenvalue weighted by atomic mass is 16.7. The maximum atomic E-state index is 12.2. The van der Waals surface area contributed by atoms with Crippen molar-refractivity contribution >= 4 is 5.91 Å². The number of fused-ring (bicyclic) bond motifs is 1. The van der Waals surface area contributed by atoms with Crippen LogP contribution in [0.1, 0.15) is 12.8 Å². The lowest BCUT2D eigenvalue weighted by Gasteiger charge is -2.37. The van der Waals surface area contributed by atoms with E-state index in [2.05, 4.69) is 10.2 Å². The molecule has 7 heteroatoms. The summed E-state index contributed by atoms with van der Waals surface area (Å²) in [5.74, 6) is 1.09. The second-order valence-corrected chi connectivity index (χ2v) is 6.69. The first-order valence-electron chi connectivity index (χ1n) is 8.88. The van der Waals surface area contributed by atoms with Crippen molar-refractivity contribution in [3.8, 4) is 11.5 Å². The van der Waals surface area contributed by atoms with Crippen molar-refractivity contribution in [2.75, 3.05) is 46.0 Å². The number of likely N-dealkylation sites (tertiary alicyclic amines) is 1. The molecule has 0 radical (unpaired) electrons. The van der Waals surface area contributed by atoms with E-state index in [0.717, 1.165) is 37.4 Å². The molecule has 136 valence electrons. The van der Waals surface area contributed by atoms with Gasteiger partial charge >= 0.3 is 0 Å². The first-order chi connectivity index (χ1) is 12.2. The summed E-state index contributed by atoms with van der Waals surface area (Å²) in [6, 6.07) is 7.57. The summed E-state index contributed by atoms with van der Waals surface area (Å²) in [6.45, 7) is 4.24. The molecule has 1 aromatic carbocycles. The Kier molecular flexibility index (Phi) is 4.78. The smallest absolute Gasteiger partial charge is 0.234 e. The fourth-order valence-corrected chi connectivity index (χ4v) is 3.49. The van der Waals surface area contributed by atoms with E-state index in [4.69, 9.17) is 18.9 Å². The summed E-state index contributed by atoms with van der Waals surface area (Å²) < 4.78 is 22.9. The van der Waals surface area contributed by atoms with Crippen molar-refractivity contribution in [3.63, 3.8) is 0 Å². The van der Waals surface area contributed by atoms with Gasteiger partial charge in [0.15, 0.2) is 17.3 Å². The summed E-state index contributed by atoms with van der Waals surface area (Å²) in [5.41, 5.74) is 0. The van der Waals surface area contributed by atoms with E-state index in [1.54, 1.807) is 0 Å². The van der Waals surface area contributed by atoms with Crippen LogP contribution in [0.15, 0.2) is 24.3 Å². The summed E-state index contributed by atoms with van der Waals surface area (Å²) in [7, 11) is 0. The number of nitrogens with zero attached hydrogens (tertiary/aromatic N) is 1. The largest absolute Gasteiger partial charge is 0.486 e. The highest BCUT2D eigenvalue weighted by Gasteiger charge is 2.39. The van der Waals surface area contributed by atoms with Crippen LogP contribution in [0.4, 0.5) is 0 Å². The van der Waals surface area contributed by atoms with Crippen molar-refractivity contribution in [1.29, 1.82) is 0 Å². The van der Waals surface area contributed by atoms with Gasteiger partial charge in [0.1, 0.15) is 12.7 Å². The zero-order valence-corrected chi connectivity index (χ0v) is 14.2. The lowest BCUT2D eigenvalue weighted by molar-refractivity contribution is -0.185. The highest BCUT2D eigenvalue weighted by molar-refractivity contribution is 5.78. The SMILES string of the molecule is O=C(CN1CCC2(CC1)OCCO2)NC[C@H]1COc2ccccc2O1. The fraction of sp³-hybridized carbons (Fsp3) is 0.611. The molecule has 0 aliphatic carbocycles. The number of piperidine rings is 1. The molecule has 0 bridgehead atoms. The molecule has 1 spiro atoms. The van der Waals surface area contributed by atoms with Gasteiger partial charge in [0, 0.05) is 25.9 Å². The van der Waals surface area contributed by atoms with E-state index in [1.165, 1.54) is 0 Å². The van der Waals surface area contributed by atoms with E-state index in [9.17, 15) is 4.79 Å². The maximum Gasteiger partial charge on any atom is 0.234 e. The number of nitrogens with one attached hydrogen (secondary N) is 1. The number of ether oxygens (including phenoxy) is 4. The molecule has 4 rings (SSSR count). The van der Waals surface area contributed by atoms with Gasteiger partial charge in [-0.05, 0) is 12.1 Å². The predicted molar refractivity (Wildman–Crippen MR) is 89.7 cm³/mol. The molecule has 1 atom stereocenters. The number of hydrogen-bond acceptors (Lipinski definition) is 6. The molecule has 2 saturated heterocycles. The van der Waals surface area contributed by atoms with Gasteiger partial charge in [-0.3, -0.25) is 9.69 Å². The van der Waals surface area contributed by atoms with Crippen LogP contribution in [0, 0.1) is 0 Å². The van der Waals surface area contributed by atoms with Crippen molar-refractivity contribution in [2.24, 2.45) is 0 Å². The molecule has 0 aromatic heterocycles. The Labute approximate surface area is 147 Å². The average molecular weight is 348 g/mol. The van der Waals surface area contributed by atoms with Crippen LogP contribution in [0.5, 0.6) is 11.5 Å². The number of para-hydroxylation sites is 2. The van der Waals surface area contributed by atoms with Crippen LogP contribution in [0.25, 0.3) is 0 Å². The van der Waals surface area contributed by atoms with Crippen molar-refractivity contribution in [1.82, 2.24) is 10.2 Å². The standard InChI is InChI=1S/C18H24N2O5/c21-17(12-20-7-5-18(6-8-20)23-9-10-24-18)19-11-14-13-22-15-3-1-2-4-16(15)25-14/h1-4,14H,5-13H2,(H,19,21)/t14-/m0/s1. The Morgan fingerprint density at radius 3 is 2.64 bits per heavy atom. The van der Waals surface area contributed by atoms with Crippen LogP contribution < -0.4 is 14.8 Å². The van der Waals surface area contributed by atoms with Gasteiger partial charge in [-0.1, -0.05) is 12.1 Å². The molecule has 3 heterocycles. The zero-order valence-electron chi connectivity index (χ0n) is 14.2. The minimum atomic E-state index is -0.395. The van der Waals surface area contributed by atoms with Crippen LogP contribution in [-0.4, -0.2) is 68.7 Å². The number of carbonyl (C=O) groups is 1. The first-order valence-corrected chi connectivity index (χ1v) is 8.88. The number of benzene rings is 1.